The van der Waals surface area contributed by atoms with Crippen LogP contribution in [0.3, 0.4) is 0 Å². The summed E-state index contributed by atoms with van der Waals surface area (Å²) in [5.41, 5.74) is 1.92. The van der Waals surface area contributed by atoms with Crippen LogP contribution < -0.4 is 0 Å². The Balaban J connectivity index is 1.73. The van der Waals surface area contributed by atoms with Crippen molar-refractivity contribution in [3.63, 3.8) is 0 Å². The Morgan fingerprint density at radius 2 is 1.49 bits per heavy atom. The highest BCUT2D eigenvalue weighted by Gasteiger charge is 2.49. The molecule has 10 nitrogen and oxygen atoms in total. The molecule has 1 aliphatic heterocycles. The molecule has 1 aromatic carbocycles. The van der Waals surface area contributed by atoms with Crippen molar-refractivity contribution < 1.29 is 42.9 Å². The Bertz CT molecular complexity index is 1050. The standard InChI is InChI=1S/C25H31NO9/c1-4-19(27)32-18-14-31-25(24(34-21(29)6-3)23(18)33-20(28)5-2)35-22(30)12-11-15-13-26-17-10-8-7-9-16(15)17/h7-10,13,18,23-26H,4-6,11-12,14H2,1-3H3/t18-,23-,24?,25?/m0/s1. The first-order chi connectivity index (χ1) is 16.9. The second-order valence-corrected chi connectivity index (χ2v) is 8.05. The van der Waals surface area contributed by atoms with Crippen molar-refractivity contribution in [2.45, 2.75) is 77.5 Å². The van der Waals surface area contributed by atoms with E-state index in [1.807, 2.05) is 30.5 Å². The number of esters is 4. The average Bonchev–Trinajstić information content (AvgIpc) is 3.28. The largest absolute Gasteiger partial charge is 0.456 e. The number of carbonyl (C=O) groups is 4. The number of carbonyl (C=O) groups excluding carboxylic acids is 4. The van der Waals surface area contributed by atoms with E-state index in [1.54, 1.807) is 20.8 Å². The smallest absolute Gasteiger partial charge is 0.308 e. The molecule has 0 radical (unpaired) electrons. The lowest BCUT2D eigenvalue weighted by atomic mass is 10.0. The summed E-state index contributed by atoms with van der Waals surface area (Å²) in [6.07, 6.45) is -2.34. The van der Waals surface area contributed by atoms with Gasteiger partial charge in [0.05, 0.1) is 6.61 Å². The van der Waals surface area contributed by atoms with Crippen molar-refractivity contribution in [2.75, 3.05) is 6.61 Å². The first-order valence-corrected chi connectivity index (χ1v) is 11.8. The molecule has 3 rings (SSSR count). The van der Waals surface area contributed by atoms with E-state index in [4.69, 9.17) is 23.7 Å². The summed E-state index contributed by atoms with van der Waals surface area (Å²) in [7, 11) is 0. The molecule has 1 N–H and O–H groups in total. The van der Waals surface area contributed by atoms with E-state index >= 15 is 0 Å². The van der Waals surface area contributed by atoms with Crippen molar-refractivity contribution in [2.24, 2.45) is 0 Å². The van der Waals surface area contributed by atoms with E-state index in [9.17, 15) is 19.2 Å². The Hall–Kier alpha value is -3.40. The molecule has 1 saturated heterocycles. The number of H-pyrrole nitrogens is 1. The van der Waals surface area contributed by atoms with Crippen LogP contribution in [-0.2, 0) is 49.3 Å². The minimum Gasteiger partial charge on any atom is -0.456 e. The van der Waals surface area contributed by atoms with Crippen molar-refractivity contribution in [3.05, 3.63) is 36.0 Å². The summed E-state index contributed by atoms with van der Waals surface area (Å²) >= 11 is 0. The van der Waals surface area contributed by atoms with Gasteiger partial charge in [-0.05, 0) is 18.1 Å². The Kier molecular flexibility index (Phi) is 9.25. The number of aromatic amines is 1. The van der Waals surface area contributed by atoms with Crippen LogP contribution >= 0.6 is 0 Å². The zero-order chi connectivity index (χ0) is 25.4. The zero-order valence-corrected chi connectivity index (χ0v) is 20.1. The van der Waals surface area contributed by atoms with Gasteiger partial charge in [0, 0.05) is 42.8 Å². The van der Waals surface area contributed by atoms with Crippen molar-refractivity contribution in [1.82, 2.24) is 4.98 Å². The molecule has 2 unspecified atom stereocenters. The molecular formula is C25H31NO9. The number of aryl methyl sites for hydroxylation is 1. The molecule has 35 heavy (non-hydrogen) atoms. The van der Waals surface area contributed by atoms with Crippen LogP contribution in [0.25, 0.3) is 10.9 Å². The van der Waals surface area contributed by atoms with E-state index < -0.39 is 48.5 Å². The number of rotatable bonds is 10. The number of benzene rings is 1. The molecule has 0 bridgehead atoms. The third-order valence-corrected chi connectivity index (χ3v) is 5.59. The quantitative estimate of drug-likeness (QED) is 0.395. The van der Waals surface area contributed by atoms with Gasteiger partial charge in [0.15, 0.2) is 12.2 Å². The van der Waals surface area contributed by atoms with Crippen LogP contribution in [0.2, 0.25) is 0 Å². The summed E-state index contributed by atoms with van der Waals surface area (Å²) in [6.45, 7) is 4.61. The average molecular weight is 490 g/mol. The van der Waals surface area contributed by atoms with Gasteiger partial charge in [-0.2, -0.15) is 0 Å². The van der Waals surface area contributed by atoms with Gasteiger partial charge in [0.25, 0.3) is 0 Å². The zero-order valence-electron chi connectivity index (χ0n) is 20.1. The molecule has 2 heterocycles. The SMILES string of the molecule is CCC(=O)OC1C(OC(=O)CCc2c[nH]c3ccccc23)OC[C@H](OC(=O)CC)[C@@H]1OC(=O)CC. The Labute approximate surface area is 203 Å². The lowest BCUT2D eigenvalue weighted by Gasteiger charge is -2.40. The second-order valence-electron chi connectivity index (χ2n) is 8.05. The molecule has 1 aliphatic rings. The van der Waals surface area contributed by atoms with E-state index in [0.29, 0.717) is 6.42 Å². The fraction of sp³-hybridized carbons (Fsp3) is 0.520. The number of hydrogen-bond acceptors (Lipinski definition) is 9. The highest BCUT2D eigenvalue weighted by Crippen LogP contribution is 2.27. The number of nitrogens with one attached hydrogen (secondary N) is 1. The number of ether oxygens (including phenoxy) is 5. The van der Waals surface area contributed by atoms with Gasteiger partial charge in [-0.25, -0.2) is 0 Å². The van der Waals surface area contributed by atoms with Gasteiger partial charge in [0.2, 0.25) is 12.4 Å². The molecule has 190 valence electrons. The van der Waals surface area contributed by atoms with Crippen LogP contribution in [-0.4, -0.2) is 60.1 Å². The second kappa shape index (κ2) is 12.3. The van der Waals surface area contributed by atoms with Gasteiger partial charge >= 0.3 is 23.9 Å². The normalized spacial score (nSPS) is 21.8. The highest BCUT2D eigenvalue weighted by molar-refractivity contribution is 5.83. The molecule has 0 aliphatic carbocycles. The van der Waals surface area contributed by atoms with E-state index in [2.05, 4.69) is 4.98 Å². The van der Waals surface area contributed by atoms with Crippen LogP contribution in [0.15, 0.2) is 30.5 Å². The van der Waals surface area contributed by atoms with E-state index in [0.717, 1.165) is 16.5 Å². The third-order valence-electron chi connectivity index (χ3n) is 5.59. The topological polar surface area (TPSA) is 130 Å². The first kappa shape index (κ1) is 26.2. The molecule has 0 spiro atoms. The lowest BCUT2D eigenvalue weighted by molar-refractivity contribution is -0.275. The maximum Gasteiger partial charge on any atom is 0.308 e. The van der Waals surface area contributed by atoms with Crippen molar-refractivity contribution in [1.29, 1.82) is 0 Å². The maximum atomic E-state index is 12.7. The predicted octanol–water partition coefficient (Wildman–Crippen LogP) is 2.97. The first-order valence-electron chi connectivity index (χ1n) is 11.8. The van der Waals surface area contributed by atoms with Gasteiger partial charge in [0.1, 0.15) is 0 Å². The summed E-state index contributed by atoms with van der Waals surface area (Å²) in [5.74, 6) is -2.32. The van der Waals surface area contributed by atoms with Gasteiger partial charge in [-0.1, -0.05) is 39.0 Å². The summed E-state index contributed by atoms with van der Waals surface area (Å²) in [5, 5.41) is 1.01. The molecule has 1 fully saturated rings. The molecule has 1 aromatic heterocycles. The fourth-order valence-electron chi connectivity index (χ4n) is 3.70. The Morgan fingerprint density at radius 1 is 0.857 bits per heavy atom. The predicted molar refractivity (Wildman–Crippen MR) is 123 cm³/mol. The summed E-state index contributed by atoms with van der Waals surface area (Å²) < 4.78 is 27.4. The molecule has 0 saturated carbocycles. The van der Waals surface area contributed by atoms with Gasteiger partial charge in [-0.15, -0.1) is 0 Å². The molecule has 10 heteroatoms. The maximum absolute atomic E-state index is 12.7. The van der Waals surface area contributed by atoms with Crippen LogP contribution in [0.1, 0.15) is 52.0 Å². The highest BCUT2D eigenvalue weighted by atomic mass is 16.7. The van der Waals surface area contributed by atoms with Gasteiger partial charge in [-0.3, -0.25) is 19.2 Å². The minimum absolute atomic E-state index is 0.0333. The summed E-state index contributed by atoms with van der Waals surface area (Å²) in [6, 6.07) is 7.74. The van der Waals surface area contributed by atoms with Crippen LogP contribution in [0.4, 0.5) is 0 Å². The monoisotopic (exact) mass is 489 g/mol. The number of fused-ring (bicyclic) bond motifs is 1. The molecular weight excluding hydrogens is 458 g/mol. The number of aromatic nitrogens is 1. The minimum atomic E-state index is -1.33. The molecule has 4 atom stereocenters. The number of hydrogen-bond donors (Lipinski definition) is 1. The van der Waals surface area contributed by atoms with Crippen LogP contribution in [0.5, 0.6) is 0 Å². The lowest BCUT2D eigenvalue weighted by Crippen LogP contribution is -2.58. The van der Waals surface area contributed by atoms with Crippen LogP contribution in [0, 0.1) is 0 Å². The van der Waals surface area contributed by atoms with E-state index in [1.165, 1.54) is 0 Å². The summed E-state index contributed by atoms with van der Waals surface area (Å²) in [4.78, 5) is 52.0. The third kappa shape index (κ3) is 6.82. The molecule has 2 aromatic rings. The number of para-hydroxylation sites is 1. The Morgan fingerprint density at radius 3 is 2.17 bits per heavy atom. The molecule has 0 amide bonds. The van der Waals surface area contributed by atoms with Gasteiger partial charge < -0.3 is 28.7 Å². The fourth-order valence-corrected chi connectivity index (χ4v) is 3.70. The van der Waals surface area contributed by atoms with Crippen molar-refractivity contribution in [3.8, 4) is 0 Å². The van der Waals surface area contributed by atoms with Crippen molar-refractivity contribution >= 4 is 34.8 Å². The van der Waals surface area contributed by atoms with E-state index in [-0.39, 0.29) is 32.3 Å².